The predicted octanol–water partition coefficient (Wildman–Crippen LogP) is 1.34. The lowest BCUT2D eigenvalue weighted by Gasteiger charge is -2.08. The van der Waals surface area contributed by atoms with Crippen LogP contribution in [0.15, 0.2) is 48.8 Å². The normalized spacial score (nSPS) is 10.7. The zero-order chi connectivity index (χ0) is 14.7. The molecule has 1 aromatic carbocycles. The highest BCUT2D eigenvalue weighted by Gasteiger charge is 2.04. The van der Waals surface area contributed by atoms with Crippen molar-refractivity contribution in [1.82, 2.24) is 14.6 Å². The summed E-state index contributed by atoms with van der Waals surface area (Å²) in [4.78, 5) is 15.0. The summed E-state index contributed by atoms with van der Waals surface area (Å²) in [7, 11) is 0. The van der Waals surface area contributed by atoms with Crippen molar-refractivity contribution in [3.63, 3.8) is 0 Å². The first-order chi connectivity index (χ1) is 10.2. The minimum absolute atomic E-state index is 0.235. The van der Waals surface area contributed by atoms with E-state index in [1.165, 1.54) is 6.33 Å². The van der Waals surface area contributed by atoms with Gasteiger partial charge in [-0.1, -0.05) is 18.2 Å². The van der Waals surface area contributed by atoms with Crippen LogP contribution in [0.25, 0.3) is 5.65 Å². The lowest BCUT2D eigenvalue weighted by atomic mass is 10.1. The molecular weight excluding hydrogens is 268 g/mol. The van der Waals surface area contributed by atoms with E-state index >= 15 is 0 Å². The standard InChI is InChI=1S/C15H14N4O2/c16-14(20)8-11-4-6-13(7-5-11)21-9-12-2-1-3-15-17-10-18-19(12)15/h1-7,10H,8-9H2,(H2,16,20). The Hall–Kier alpha value is -2.89. The number of ether oxygens (including phenoxy) is 1. The minimum Gasteiger partial charge on any atom is -0.487 e. The van der Waals surface area contributed by atoms with Crippen LogP contribution in [0.2, 0.25) is 0 Å². The Bertz CT molecular complexity index is 765. The Kier molecular flexibility index (Phi) is 3.51. The highest BCUT2D eigenvalue weighted by Crippen LogP contribution is 2.15. The zero-order valence-corrected chi connectivity index (χ0v) is 11.3. The summed E-state index contributed by atoms with van der Waals surface area (Å²) in [5.41, 5.74) is 7.72. The third-order valence-corrected chi connectivity index (χ3v) is 3.07. The Balaban J connectivity index is 1.70. The van der Waals surface area contributed by atoms with Gasteiger partial charge in [-0.3, -0.25) is 4.79 Å². The molecule has 0 unspecified atom stereocenters. The van der Waals surface area contributed by atoms with Crippen molar-refractivity contribution in [2.75, 3.05) is 0 Å². The summed E-state index contributed by atoms with van der Waals surface area (Å²) in [6, 6.07) is 13.0. The molecule has 6 heteroatoms. The first-order valence-electron chi connectivity index (χ1n) is 6.50. The van der Waals surface area contributed by atoms with Crippen molar-refractivity contribution in [1.29, 1.82) is 0 Å². The molecule has 6 nitrogen and oxygen atoms in total. The molecule has 0 radical (unpaired) electrons. The maximum absolute atomic E-state index is 10.8. The summed E-state index contributed by atoms with van der Waals surface area (Å²) in [6.45, 7) is 0.385. The molecule has 2 N–H and O–H groups in total. The number of pyridine rings is 1. The first-order valence-corrected chi connectivity index (χ1v) is 6.50. The van der Waals surface area contributed by atoms with Gasteiger partial charge in [0, 0.05) is 0 Å². The molecule has 21 heavy (non-hydrogen) atoms. The molecule has 0 spiro atoms. The van der Waals surface area contributed by atoms with E-state index in [2.05, 4.69) is 10.1 Å². The molecule has 3 rings (SSSR count). The van der Waals surface area contributed by atoms with Crippen LogP contribution in [0.4, 0.5) is 0 Å². The largest absolute Gasteiger partial charge is 0.487 e. The number of hydrogen-bond donors (Lipinski definition) is 1. The van der Waals surface area contributed by atoms with E-state index in [1.807, 2.05) is 42.5 Å². The van der Waals surface area contributed by atoms with Gasteiger partial charge in [-0.25, -0.2) is 9.50 Å². The SMILES string of the molecule is NC(=O)Cc1ccc(OCc2cccc3ncnn23)cc1. The molecule has 2 aromatic heterocycles. The molecule has 1 amide bonds. The van der Waals surface area contributed by atoms with E-state index in [-0.39, 0.29) is 12.3 Å². The summed E-state index contributed by atoms with van der Waals surface area (Å²) in [5, 5.41) is 4.15. The molecule has 2 heterocycles. The lowest BCUT2D eigenvalue weighted by molar-refractivity contribution is -0.117. The van der Waals surface area contributed by atoms with Crippen LogP contribution >= 0.6 is 0 Å². The van der Waals surface area contributed by atoms with Crippen molar-refractivity contribution < 1.29 is 9.53 Å². The van der Waals surface area contributed by atoms with E-state index in [0.29, 0.717) is 6.61 Å². The number of hydrogen-bond acceptors (Lipinski definition) is 4. The van der Waals surface area contributed by atoms with Gasteiger partial charge < -0.3 is 10.5 Å². The summed E-state index contributed by atoms with van der Waals surface area (Å²) >= 11 is 0. The Morgan fingerprint density at radius 3 is 2.76 bits per heavy atom. The molecule has 0 saturated carbocycles. The maximum atomic E-state index is 10.8. The Morgan fingerprint density at radius 1 is 1.19 bits per heavy atom. The number of benzene rings is 1. The molecule has 0 atom stereocenters. The smallest absolute Gasteiger partial charge is 0.221 e. The number of carbonyl (C=O) groups is 1. The average molecular weight is 282 g/mol. The van der Waals surface area contributed by atoms with Crippen molar-refractivity contribution in [3.05, 3.63) is 60.0 Å². The highest BCUT2D eigenvalue weighted by atomic mass is 16.5. The minimum atomic E-state index is -0.346. The average Bonchev–Trinajstić information content (AvgIpc) is 2.95. The van der Waals surface area contributed by atoms with Crippen LogP contribution in [0.5, 0.6) is 5.75 Å². The van der Waals surface area contributed by atoms with Crippen molar-refractivity contribution >= 4 is 11.6 Å². The van der Waals surface area contributed by atoms with Gasteiger partial charge in [-0.2, -0.15) is 5.10 Å². The Morgan fingerprint density at radius 2 is 2.00 bits per heavy atom. The lowest BCUT2D eigenvalue weighted by Crippen LogP contribution is -2.13. The van der Waals surface area contributed by atoms with Gasteiger partial charge in [0.25, 0.3) is 0 Å². The molecule has 0 aliphatic heterocycles. The summed E-state index contributed by atoms with van der Waals surface area (Å²) in [5.74, 6) is 0.377. The number of rotatable bonds is 5. The van der Waals surface area contributed by atoms with Crippen LogP contribution in [0, 0.1) is 0 Å². The zero-order valence-electron chi connectivity index (χ0n) is 11.3. The molecule has 0 saturated heterocycles. The Labute approximate surface area is 121 Å². The number of carbonyl (C=O) groups excluding carboxylic acids is 1. The van der Waals surface area contributed by atoms with Crippen molar-refractivity contribution in [2.45, 2.75) is 13.0 Å². The van der Waals surface area contributed by atoms with Gasteiger partial charge in [-0.05, 0) is 29.8 Å². The monoisotopic (exact) mass is 282 g/mol. The quantitative estimate of drug-likeness (QED) is 0.765. The van der Waals surface area contributed by atoms with Crippen LogP contribution in [0.1, 0.15) is 11.3 Å². The summed E-state index contributed by atoms with van der Waals surface area (Å²) in [6.07, 6.45) is 1.75. The van der Waals surface area contributed by atoms with Gasteiger partial charge in [0.1, 0.15) is 18.7 Å². The first kappa shape index (κ1) is 13.1. The van der Waals surface area contributed by atoms with E-state index < -0.39 is 0 Å². The molecule has 0 bridgehead atoms. The van der Waals surface area contributed by atoms with Crippen LogP contribution in [-0.4, -0.2) is 20.5 Å². The van der Waals surface area contributed by atoms with Gasteiger partial charge >= 0.3 is 0 Å². The number of primary amides is 1. The molecule has 0 aliphatic carbocycles. The van der Waals surface area contributed by atoms with Crippen LogP contribution < -0.4 is 10.5 Å². The van der Waals surface area contributed by atoms with Gasteiger partial charge in [0.2, 0.25) is 5.91 Å². The van der Waals surface area contributed by atoms with E-state index in [4.69, 9.17) is 10.5 Å². The number of nitrogens with two attached hydrogens (primary N) is 1. The van der Waals surface area contributed by atoms with Crippen LogP contribution in [0.3, 0.4) is 0 Å². The fourth-order valence-electron chi connectivity index (χ4n) is 2.07. The second-order valence-corrected chi connectivity index (χ2v) is 4.62. The molecular formula is C15H14N4O2. The number of fused-ring (bicyclic) bond motifs is 1. The fourth-order valence-corrected chi connectivity index (χ4v) is 2.07. The van der Waals surface area contributed by atoms with Gasteiger partial charge in [0.15, 0.2) is 5.65 Å². The number of amides is 1. The maximum Gasteiger partial charge on any atom is 0.221 e. The molecule has 3 aromatic rings. The third kappa shape index (κ3) is 3.00. The second-order valence-electron chi connectivity index (χ2n) is 4.62. The fraction of sp³-hybridized carbons (Fsp3) is 0.133. The number of aromatic nitrogens is 3. The third-order valence-electron chi connectivity index (χ3n) is 3.07. The van der Waals surface area contributed by atoms with Crippen LogP contribution in [-0.2, 0) is 17.8 Å². The van der Waals surface area contributed by atoms with Crippen molar-refractivity contribution in [2.24, 2.45) is 5.73 Å². The number of nitrogens with zero attached hydrogens (tertiary/aromatic N) is 3. The van der Waals surface area contributed by atoms with E-state index in [0.717, 1.165) is 22.7 Å². The highest BCUT2D eigenvalue weighted by molar-refractivity contribution is 5.76. The van der Waals surface area contributed by atoms with Gasteiger partial charge in [-0.15, -0.1) is 0 Å². The van der Waals surface area contributed by atoms with Gasteiger partial charge in [0.05, 0.1) is 12.1 Å². The second kappa shape index (κ2) is 5.62. The topological polar surface area (TPSA) is 82.5 Å². The molecule has 106 valence electrons. The van der Waals surface area contributed by atoms with E-state index in [9.17, 15) is 4.79 Å². The predicted molar refractivity (Wildman–Crippen MR) is 76.7 cm³/mol. The molecule has 0 fully saturated rings. The van der Waals surface area contributed by atoms with Crippen molar-refractivity contribution in [3.8, 4) is 5.75 Å². The molecule has 0 aliphatic rings. The summed E-state index contributed by atoms with van der Waals surface area (Å²) < 4.78 is 7.46. The van der Waals surface area contributed by atoms with E-state index in [1.54, 1.807) is 4.52 Å².